The molecule has 134 valence electrons. The second-order valence-corrected chi connectivity index (χ2v) is 7.14. The minimum atomic E-state index is 0.0762. The number of likely N-dealkylation sites (tertiary alicyclic amines) is 1. The largest absolute Gasteiger partial charge is 0.379 e. The van der Waals surface area contributed by atoms with Crippen LogP contribution < -0.4 is 5.32 Å². The number of carbonyl (C=O) groups excluding carboxylic acids is 1. The number of carbonyl (C=O) groups is 1. The highest BCUT2D eigenvalue weighted by Crippen LogP contribution is 2.22. The number of nitrogens with zero attached hydrogens (tertiary/aromatic N) is 1. The van der Waals surface area contributed by atoms with Gasteiger partial charge in [0.25, 0.3) is 0 Å². The summed E-state index contributed by atoms with van der Waals surface area (Å²) in [6.45, 7) is 8.07. The first-order valence-corrected chi connectivity index (χ1v) is 9.29. The Morgan fingerprint density at radius 3 is 2.96 bits per heavy atom. The molecule has 0 saturated carbocycles. The molecule has 24 heavy (non-hydrogen) atoms. The van der Waals surface area contributed by atoms with Crippen molar-refractivity contribution in [3.8, 4) is 0 Å². The maximum absolute atomic E-state index is 12.4. The fraction of sp³-hybridized carbons (Fsp3) is 0.632. The normalized spacial score (nSPS) is 18.8. The SMILES string of the molecule is CC(C)OCCCNC(=O)C1CCCN(Cc2ccccc2Cl)C1. The molecule has 1 atom stereocenters. The molecule has 1 amide bonds. The fourth-order valence-corrected chi connectivity index (χ4v) is 3.22. The molecule has 1 aromatic carbocycles. The van der Waals surface area contributed by atoms with E-state index in [2.05, 4.69) is 16.3 Å². The summed E-state index contributed by atoms with van der Waals surface area (Å²) in [6, 6.07) is 7.93. The van der Waals surface area contributed by atoms with Crippen molar-refractivity contribution >= 4 is 17.5 Å². The molecule has 0 bridgehead atoms. The van der Waals surface area contributed by atoms with Crippen molar-refractivity contribution < 1.29 is 9.53 Å². The summed E-state index contributed by atoms with van der Waals surface area (Å²) in [7, 11) is 0. The summed E-state index contributed by atoms with van der Waals surface area (Å²) in [4.78, 5) is 14.7. The third kappa shape index (κ3) is 6.42. The lowest BCUT2D eigenvalue weighted by Gasteiger charge is -2.32. The Morgan fingerprint density at radius 2 is 2.21 bits per heavy atom. The molecule has 0 aliphatic carbocycles. The van der Waals surface area contributed by atoms with Gasteiger partial charge >= 0.3 is 0 Å². The van der Waals surface area contributed by atoms with Gasteiger partial charge in [0.2, 0.25) is 5.91 Å². The van der Waals surface area contributed by atoms with E-state index in [1.165, 1.54) is 0 Å². The lowest BCUT2D eigenvalue weighted by atomic mass is 9.96. The van der Waals surface area contributed by atoms with Gasteiger partial charge in [-0.25, -0.2) is 0 Å². The summed E-state index contributed by atoms with van der Waals surface area (Å²) in [5.74, 6) is 0.246. The van der Waals surface area contributed by atoms with Crippen LogP contribution in [0.2, 0.25) is 5.02 Å². The van der Waals surface area contributed by atoms with Crippen molar-refractivity contribution in [1.29, 1.82) is 0 Å². The van der Waals surface area contributed by atoms with Crippen molar-refractivity contribution in [3.05, 3.63) is 34.9 Å². The van der Waals surface area contributed by atoms with E-state index in [1.54, 1.807) is 0 Å². The maximum atomic E-state index is 12.4. The average molecular weight is 353 g/mol. The molecule has 2 rings (SSSR count). The number of hydrogen-bond donors (Lipinski definition) is 1. The van der Waals surface area contributed by atoms with Crippen LogP contribution in [-0.2, 0) is 16.1 Å². The van der Waals surface area contributed by atoms with Gasteiger partial charge in [-0.1, -0.05) is 29.8 Å². The van der Waals surface area contributed by atoms with E-state index in [4.69, 9.17) is 16.3 Å². The Hall–Kier alpha value is -1.10. The molecule has 1 N–H and O–H groups in total. The zero-order valence-corrected chi connectivity index (χ0v) is 15.5. The summed E-state index contributed by atoms with van der Waals surface area (Å²) in [6.07, 6.45) is 3.13. The molecular weight excluding hydrogens is 324 g/mol. The topological polar surface area (TPSA) is 41.6 Å². The Kier molecular flexibility index (Phi) is 8.03. The zero-order chi connectivity index (χ0) is 17.4. The quantitative estimate of drug-likeness (QED) is 0.728. The van der Waals surface area contributed by atoms with Crippen LogP contribution in [0.25, 0.3) is 0 Å². The Bertz CT molecular complexity index is 522. The molecular formula is C19H29ClN2O2. The third-order valence-corrected chi connectivity index (χ3v) is 4.67. The van der Waals surface area contributed by atoms with E-state index in [-0.39, 0.29) is 17.9 Å². The highest BCUT2D eigenvalue weighted by atomic mass is 35.5. The van der Waals surface area contributed by atoms with E-state index in [0.717, 1.165) is 49.5 Å². The molecule has 1 aliphatic rings. The first-order chi connectivity index (χ1) is 11.6. The van der Waals surface area contributed by atoms with Crippen molar-refractivity contribution in [2.24, 2.45) is 5.92 Å². The van der Waals surface area contributed by atoms with Gasteiger partial charge in [0.1, 0.15) is 0 Å². The molecule has 4 nitrogen and oxygen atoms in total. The highest BCUT2D eigenvalue weighted by Gasteiger charge is 2.25. The minimum absolute atomic E-state index is 0.0762. The number of hydrogen-bond acceptors (Lipinski definition) is 3. The molecule has 1 aromatic rings. The van der Waals surface area contributed by atoms with Gasteiger partial charge in [-0.2, -0.15) is 0 Å². The first-order valence-electron chi connectivity index (χ1n) is 8.91. The average Bonchev–Trinajstić information content (AvgIpc) is 2.56. The van der Waals surface area contributed by atoms with Crippen LogP contribution in [0.3, 0.4) is 0 Å². The third-order valence-electron chi connectivity index (χ3n) is 4.30. The Balaban J connectivity index is 1.74. The van der Waals surface area contributed by atoms with Crippen LogP contribution in [-0.4, -0.2) is 43.2 Å². The van der Waals surface area contributed by atoms with E-state index >= 15 is 0 Å². The lowest BCUT2D eigenvalue weighted by molar-refractivity contribution is -0.126. The number of nitrogens with one attached hydrogen (secondary N) is 1. The molecule has 0 aromatic heterocycles. The number of amides is 1. The number of halogens is 1. The van der Waals surface area contributed by atoms with E-state index in [9.17, 15) is 4.79 Å². The fourth-order valence-electron chi connectivity index (χ4n) is 3.03. The standard InChI is InChI=1S/C19H29ClN2O2/c1-15(2)24-12-6-10-21-19(23)17-8-5-11-22(14-17)13-16-7-3-4-9-18(16)20/h3-4,7,9,15,17H,5-6,8,10-14H2,1-2H3,(H,21,23). The molecule has 0 spiro atoms. The predicted octanol–water partition coefficient (Wildman–Crippen LogP) is 3.48. The molecule has 1 saturated heterocycles. The van der Waals surface area contributed by atoms with Gasteiger partial charge in [-0.15, -0.1) is 0 Å². The van der Waals surface area contributed by atoms with Crippen LogP contribution in [0.4, 0.5) is 0 Å². The van der Waals surface area contributed by atoms with Gasteiger partial charge in [0.15, 0.2) is 0 Å². The van der Waals surface area contributed by atoms with Crippen molar-refractivity contribution in [3.63, 3.8) is 0 Å². The van der Waals surface area contributed by atoms with Gasteiger partial charge < -0.3 is 10.1 Å². The first kappa shape index (κ1) is 19.2. The number of benzene rings is 1. The second kappa shape index (κ2) is 10.0. The van der Waals surface area contributed by atoms with E-state index in [0.29, 0.717) is 13.2 Å². The van der Waals surface area contributed by atoms with E-state index < -0.39 is 0 Å². The Labute approximate surface area is 150 Å². The molecule has 1 fully saturated rings. The molecule has 0 radical (unpaired) electrons. The van der Waals surface area contributed by atoms with Crippen LogP contribution in [0.5, 0.6) is 0 Å². The number of ether oxygens (including phenoxy) is 1. The maximum Gasteiger partial charge on any atom is 0.224 e. The van der Waals surface area contributed by atoms with Crippen LogP contribution in [0.15, 0.2) is 24.3 Å². The molecule has 1 unspecified atom stereocenters. The highest BCUT2D eigenvalue weighted by molar-refractivity contribution is 6.31. The summed E-state index contributed by atoms with van der Waals surface area (Å²) in [5.41, 5.74) is 1.13. The number of rotatable bonds is 8. The van der Waals surface area contributed by atoms with Gasteiger partial charge in [0, 0.05) is 31.3 Å². The smallest absolute Gasteiger partial charge is 0.224 e. The summed E-state index contributed by atoms with van der Waals surface area (Å²) in [5, 5.41) is 3.85. The molecule has 5 heteroatoms. The van der Waals surface area contributed by atoms with Crippen molar-refractivity contribution in [1.82, 2.24) is 10.2 Å². The van der Waals surface area contributed by atoms with Crippen LogP contribution >= 0.6 is 11.6 Å². The summed E-state index contributed by atoms with van der Waals surface area (Å²) < 4.78 is 5.49. The second-order valence-electron chi connectivity index (χ2n) is 6.73. The molecule has 1 heterocycles. The minimum Gasteiger partial charge on any atom is -0.379 e. The van der Waals surface area contributed by atoms with Crippen LogP contribution in [0, 0.1) is 5.92 Å². The van der Waals surface area contributed by atoms with Crippen LogP contribution in [0.1, 0.15) is 38.7 Å². The van der Waals surface area contributed by atoms with Crippen molar-refractivity contribution in [2.45, 2.75) is 45.8 Å². The predicted molar refractivity (Wildman–Crippen MR) is 98.2 cm³/mol. The monoisotopic (exact) mass is 352 g/mol. The lowest BCUT2D eigenvalue weighted by Crippen LogP contribution is -2.43. The summed E-state index contributed by atoms with van der Waals surface area (Å²) >= 11 is 6.25. The van der Waals surface area contributed by atoms with Gasteiger partial charge in [-0.3, -0.25) is 9.69 Å². The van der Waals surface area contributed by atoms with Gasteiger partial charge in [-0.05, 0) is 51.3 Å². The zero-order valence-electron chi connectivity index (χ0n) is 14.8. The Morgan fingerprint density at radius 1 is 1.42 bits per heavy atom. The van der Waals surface area contributed by atoms with Gasteiger partial charge in [0.05, 0.1) is 12.0 Å². The number of piperidine rings is 1. The van der Waals surface area contributed by atoms with Crippen molar-refractivity contribution in [2.75, 3.05) is 26.2 Å². The molecule has 1 aliphatic heterocycles. The van der Waals surface area contributed by atoms with E-state index in [1.807, 2.05) is 32.0 Å².